The van der Waals surface area contributed by atoms with Crippen LogP contribution >= 0.6 is 15.9 Å². The maximum Gasteiger partial charge on any atom is 0.534 e. The molecule has 1 aromatic rings. The molecule has 0 atom stereocenters. The van der Waals surface area contributed by atoms with Gasteiger partial charge in [0.25, 0.3) is 0 Å². The van der Waals surface area contributed by atoms with E-state index in [0.29, 0.717) is 0 Å². The predicted octanol–water partition coefficient (Wildman–Crippen LogP) is 2.47. The van der Waals surface area contributed by atoms with Crippen molar-refractivity contribution >= 4 is 32.0 Å². The van der Waals surface area contributed by atoms with Crippen LogP contribution in [0.2, 0.25) is 0 Å². The van der Waals surface area contributed by atoms with Gasteiger partial charge in [0.15, 0.2) is 11.5 Å². The zero-order valence-corrected chi connectivity index (χ0v) is 12.9. The van der Waals surface area contributed by atoms with E-state index in [9.17, 15) is 26.4 Å². The predicted molar refractivity (Wildman–Crippen MR) is 67.6 cm³/mol. The van der Waals surface area contributed by atoms with E-state index in [2.05, 4.69) is 24.8 Å². The van der Waals surface area contributed by atoms with Crippen molar-refractivity contribution in [2.45, 2.75) is 5.51 Å². The highest BCUT2D eigenvalue weighted by atomic mass is 79.9. The maximum absolute atomic E-state index is 12.3. The van der Waals surface area contributed by atoms with Crippen LogP contribution in [0.5, 0.6) is 11.5 Å². The monoisotopic (exact) mass is 392 g/mol. The third kappa shape index (κ3) is 3.79. The van der Waals surface area contributed by atoms with Crippen LogP contribution in [0.3, 0.4) is 0 Å². The summed E-state index contributed by atoms with van der Waals surface area (Å²) in [7, 11) is -3.71. The lowest BCUT2D eigenvalue weighted by Crippen LogP contribution is -2.28. The van der Waals surface area contributed by atoms with Gasteiger partial charge in [-0.05, 0) is 28.1 Å². The number of carbonyl (C=O) groups excluding carboxylic acids is 1. The second kappa shape index (κ2) is 6.10. The van der Waals surface area contributed by atoms with E-state index in [0.717, 1.165) is 26.4 Å². The second-order valence-electron chi connectivity index (χ2n) is 3.46. The third-order valence-corrected chi connectivity index (χ3v) is 3.67. The minimum Gasteiger partial charge on any atom is -0.493 e. The molecule has 1 aromatic carbocycles. The minimum absolute atomic E-state index is 0.0713. The number of esters is 1. The Bertz CT molecular complexity index is 655. The number of rotatable bonds is 4. The van der Waals surface area contributed by atoms with E-state index < -0.39 is 33.1 Å². The first-order valence-electron chi connectivity index (χ1n) is 5.00. The van der Waals surface area contributed by atoms with Crippen molar-refractivity contribution in [1.29, 1.82) is 0 Å². The second-order valence-corrected chi connectivity index (χ2v) is 5.86. The topological polar surface area (TPSA) is 78.9 Å². The minimum atomic E-state index is -5.87. The van der Waals surface area contributed by atoms with Crippen LogP contribution < -0.4 is 8.92 Å². The molecular weight excluding hydrogens is 385 g/mol. The van der Waals surface area contributed by atoms with Crippen molar-refractivity contribution in [3.8, 4) is 11.5 Å². The normalized spacial score (nSPS) is 11.9. The molecular formula is C10H8BrF3O6S. The fourth-order valence-corrected chi connectivity index (χ4v) is 2.31. The van der Waals surface area contributed by atoms with Gasteiger partial charge in [-0.3, -0.25) is 0 Å². The number of halogens is 4. The van der Waals surface area contributed by atoms with Crippen LogP contribution in [0.4, 0.5) is 13.2 Å². The van der Waals surface area contributed by atoms with Gasteiger partial charge in [-0.2, -0.15) is 21.6 Å². The Morgan fingerprint density at radius 2 is 1.81 bits per heavy atom. The van der Waals surface area contributed by atoms with Crippen LogP contribution in [0.1, 0.15) is 10.4 Å². The summed E-state index contributed by atoms with van der Waals surface area (Å²) in [6, 6.07) is 2.02. The summed E-state index contributed by atoms with van der Waals surface area (Å²) in [4.78, 5) is 11.4. The first-order chi connectivity index (χ1) is 9.53. The molecule has 1 rings (SSSR count). The summed E-state index contributed by atoms with van der Waals surface area (Å²) in [5.41, 5.74) is -5.67. The van der Waals surface area contributed by atoms with Crippen molar-refractivity contribution in [1.82, 2.24) is 0 Å². The zero-order valence-electron chi connectivity index (χ0n) is 10.5. The van der Waals surface area contributed by atoms with Gasteiger partial charge in [-0.25, -0.2) is 4.79 Å². The summed E-state index contributed by atoms with van der Waals surface area (Å²) in [6.45, 7) is 0. The smallest absolute Gasteiger partial charge is 0.493 e. The summed E-state index contributed by atoms with van der Waals surface area (Å²) < 4.78 is 71.9. The molecule has 0 heterocycles. The van der Waals surface area contributed by atoms with Crippen molar-refractivity contribution in [3.05, 3.63) is 22.2 Å². The Morgan fingerprint density at radius 1 is 1.24 bits per heavy atom. The van der Waals surface area contributed by atoms with Gasteiger partial charge in [0.05, 0.1) is 24.3 Å². The number of alkyl halides is 3. The fourth-order valence-electron chi connectivity index (χ4n) is 1.19. The fraction of sp³-hybridized carbons (Fsp3) is 0.300. The van der Waals surface area contributed by atoms with E-state index in [-0.39, 0.29) is 10.0 Å². The molecule has 0 fully saturated rings. The molecule has 11 heteroatoms. The van der Waals surface area contributed by atoms with Gasteiger partial charge in [0.1, 0.15) is 0 Å². The molecule has 118 valence electrons. The molecule has 0 N–H and O–H groups in total. The van der Waals surface area contributed by atoms with Crippen molar-refractivity contribution in [2.75, 3.05) is 14.2 Å². The number of carbonyl (C=O) groups is 1. The standard InChI is InChI=1S/C10H8BrF3O6S/c1-18-7-4-5(9(15)19-2)3-6(11)8(7)20-21(16,17)10(12,13)14/h3-4H,1-2H3. The van der Waals surface area contributed by atoms with Crippen molar-refractivity contribution in [2.24, 2.45) is 0 Å². The molecule has 0 aliphatic carbocycles. The molecule has 0 radical (unpaired) electrons. The Balaban J connectivity index is 3.36. The molecule has 6 nitrogen and oxygen atoms in total. The molecule has 0 amide bonds. The SMILES string of the molecule is COC(=O)c1cc(Br)c(OS(=O)(=O)C(F)(F)F)c(OC)c1. The molecule has 0 aliphatic rings. The van der Waals surface area contributed by atoms with Crippen molar-refractivity contribution < 1.29 is 40.0 Å². The van der Waals surface area contributed by atoms with Gasteiger partial charge in [-0.15, -0.1) is 0 Å². The van der Waals surface area contributed by atoms with E-state index >= 15 is 0 Å². The van der Waals surface area contributed by atoms with Crippen LogP contribution in [0.25, 0.3) is 0 Å². The Labute approximate surface area is 126 Å². The largest absolute Gasteiger partial charge is 0.534 e. The van der Waals surface area contributed by atoms with Gasteiger partial charge in [-0.1, -0.05) is 0 Å². The van der Waals surface area contributed by atoms with Crippen LogP contribution in [-0.4, -0.2) is 34.1 Å². The molecule has 0 saturated carbocycles. The zero-order chi connectivity index (χ0) is 16.4. The summed E-state index contributed by atoms with van der Waals surface area (Å²) in [6.07, 6.45) is 0. The first-order valence-corrected chi connectivity index (χ1v) is 7.20. The molecule has 0 unspecified atom stereocenters. The summed E-state index contributed by atoms with van der Waals surface area (Å²) in [5, 5.41) is 0. The highest BCUT2D eigenvalue weighted by Crippen LogP contribution is 2.39. The van der Waals surface area contributed by atoms with Gasteiger partial charge >= 0.3 is 21.6 Å². The van der Waals surface area contributed by atoms with Crippen molar-refractivity contribution in [3.63, 3.8) is 0 Å². The Morgan fingerprint density at radius 3 is 2.24 bits per heavy atom. The number of hydrogen-bond donors (Lipinski definition) is 0. The molecule has 0 aliphatic heterocycles. The Hall–Kier alpha value is -1.49. The summed E-state index contributed by atoms with van der Waals surface area (Å²) >= 11 is 2.81. The molecule has 0 aromatic heterocycles. The lowest BCUT2D eigenvalue weighted by Gasteiger charge is -2.14. The van der Waals surface area contributed by atoms with Crippen LogP contribution in [0, 0.1) is 0 Å². The van der Waals surface area contributed by atoms with E-state index in [1.807, 2.05) is 0 Å². The van der Waals surface area contributed by atoms with Gasteiger partial charge < -0.3 is 13.7 Å². The number of benzene rings is 1. The quantitative estimate of drug-likeness (QED) is 0.444. The molecule has 21 heavy (non-hydrogen) atoms. The first kappa shape index (κ1) is 17.6. The Kier molecular flexibility index (Phi) is 5.10. The van der Waals surface area contributed by atoms with Gasteiger partial charge in [0, 0.05) is 0 Å². The lowest BCUT2D eigenvalue weighted by atomic mass is 10.2. The van der Waals surface area contributed by atoms with E-state index in [1.54, 1.807) is 0 Å². The molecule has 0 saturated heterocycles. The molecule has 0 spiro atoms. The number of methoxy groups -OCH3 is 2. The van der Waals surface area contributed by atoms with Crippen LogP contribution in [-0.2, 0) is 14.9 Å². The highest BCUT2D eigenvalue weighted by molar-refractivity contribution is 9.10. The van der Waals surface area contributed by atoms with Crippen LogP contribution in [0.15, 0.2) is 16.6 Å². The highest BCUT2D eigenvalue weighted by Gasteiger charge is 2.49. The molecule has 0 bridgehead atoms. The number of hydrogen-bond acceptors (Lipinski definition) is 6. The maximum atomic E-state index is 12.3. The summed E-state index contributed by atoms with van der Waals surface area (Å²) in [5.74, 6) is -1.92. The van der Waals surface area contributed by atoms with Gasteiger partial charge in [0.2, 0.25) is 0 Å². The van der Waals surface area contributed by atoms with E-state index in [1.165, 1.54) is 0 Å². The average molecular weight is 393 g/mol. The third-order valence-electron chi connectivity index (χ3n) is 2.13. The van der Waals surface area contributed by atoms with E-state index in [4.69, 9.17) is 4.74 Å². The number of ether oxygens (including phenoxy) is 2. The average Bonchev–Trinajstić information content (AvgIpc) is 2.38. The lowest BCUT2D eigenvalue weighted by molar-refractivity contribution is -0.0500.